The number of halogens is 2. The Morgan fingerprint density at radius 3 is 2.71 bits per heavy atom. The Morgan fingerprint density at radius 1 is 1.41 bits per heavy atom. The molecular formula is C12H12Cl2O3. The summed E-state index contributed by atoms with van der Waals surface area (Å²) in [5.74, 6) is -0.504. The zero-order valence-electron chi connectivity index (χ0n) is 9.12. The number of ether oxygens (including phenoxy) is 2. The fraction of sp³-hybridized carbons (Fsp3) is 0.417. The van der Waals surface area contributed by atoms with E-state index < -0.39 is 5.97 Å². The molecule has 1 fully saturated rings. The van der Waals surface area contributed by atoms with Gasteiger partial charge in [0.25, 0.3) is 0 Å². The highest BCUT2D eigenvalue weighted by atomic mass is 35.5. The maximum absolute atomic E-state index is 11.8. The van der Waals surface area contributed by atoms with E-state index in [2.05, 4.69) is 0 Å². The fourth-order valence-corrected chi connectivity index (χ4v) is 2.26. The van der Waals surface area contributed by atoms with Crippen LogP contribution in [0, 0.1) is 0 Å². The number of rotatable bonds is 3. The van der Waals surface area contributed by atoms with Gasteiger partial charge in [0.2, 0.25) is 0 Å². The fourth-order valence-electron chi connectivity index (χ4n) is 1.71. The van der Waals surface area contributed by atoms with Crippen molar-refractivity contribution in [2.75, 3.05) is 13.2 Å². The van der Waals surface area contributed by atoms with E-state index >= 15 is 0 Å². The SMILES string of the molecule is O=C(OC[C@H]1CCCO1)c1c(Cl)cccc1Cl. The summed E-state index contributed by atoms with van der Waals surface area (Å²) in [5.41, 5.74) is 0.217. The lowest BCUT2D eigenvalue weighted by Gasteiger charge is -2.11. The van der Waals surface area contributed by atoms with Crippen LogP contribution in [0.4, 0.5) is 0 Å². The Hall–Kier alpha value is -0.770. The summed E-state index contributed by atoms with van der Waals surface area (Å²) >= 11 is 11.8. The molecular weight excluding hydrogens is 263 g/mol. The highest BCUT2D eigenvalue weighted by molar-refractivity contribution is 6.39. The number of carbonyl (C=O) groups is 1. The third-order valence-electron chi connectivity index (χ3n) is 2.59. The van der Waals surface area contributed by atoms with E-state index in [1.165, 1.54) is 0 Å². The van der Waals surface area contributed by atoms with Crippen LogP contribution in [0.25, 0.3) is 0 Å². The molecule has 0 aliphatic carbocycles. The summed E-state index contributed by atoms with van der Waals surface area (Å²) in [4.78, 5) is 11.8. The largest absolute Gasteiger partial charge is 0.459 e. The summed E-state index contributed by atoms with van der Waals surface area (Å²) in [6.07, 6.45) is 1.93. The zero-order valence-corrected chi connectivity index (χ0v) is 10.6. The van der Waals surface area contributed by atoms with Gasteiger partial charge >= 0.3 is 5.97 Å². The van der Waals surface area contributed by atoms with Crippen molar-refractivity contribution in [3.63, 3.8) is 0 Å². The predicted molar refractivity (Wildman–Crippen MR) is 65.7 cm³/mol. The zero-order chi connectivity index (χ0) is 12.3. The standard InChI is InChI=1S/C12H12Cl2O3/c13-9-4-1-5-10(14)11(9)12(15)17-7-8-3-2-6-16-8/h1,4-5,8H,2-3,6-7H2/t8-/m1/s1. The molecule has 0 radical (unpaired) electrons. The van der Waals surface area contributed by atoms with E-state index in [-0.39, 0.29) is 18.3 Å². The lowest BCUT2D eigenvalue weighted by Crippen LogP contribution is -2.18. The highest BCUT2D eigenvalue weighted by Crippen LogP contribution is 2.25. The summed E-state index contributed by atoms with van der Waals surface area (Å²) in [6.45, 7) is 0.982. The Morgan fingerprint density at radius 2 is 2.12 bits per heavy atom. The molecule has 1 aliphatic heterocycles. The van der Waals surface area contributed by atoms with Crippen molar-refractivity contribution in [1.82, 2.24) is 0 Å². The highest BCUT2D eigenvalue weighted by Gasteiger charge is 2.20. The average Bonchev–Trinajstić information content (AvgIpc) is 2.79. The van der Waals surface area contributed by atoms with Crippen molar-refractivity contribution in [2.45, 2.75) is 18.9 Å². The molecule has 0 aromatic heterocycles. The lowest BCUT2D eigenvalue weighted by atomic mass is 10.2. The van der Waals surface area contributed by atoms with Crippen molar-refractivity contribution in [3.05, 3.63) is 33.8 Å². The smallest absolute Gasteiger partial charge is 0.341 e. The maximum Gasteiger partial charge on any atom is 0.341 e. The van der Waals surface area contributed by atoms with Crippen molar-refractivity contribution >= 4 is 29.2 Å². The van der Waals surface area contributed by atoms with E-state index in [9.17, 15) is 4.79 Å². The molecule has 0 saturated carbocycles. The van der Waals surface area contributed by atoms with Gasteiger partial charge < -0.3 is 9.47 Å². The van der Waals surface area contributed by atoms with E-state index in [1.807, 2.05) is 0 Å². The molecule has 0 N–H and O–H groups in total. The molecule has 2 rings (SSSR count). The van der Waals surface area contributed by atoms with E-state index in [0.29, 0.717) is 10.0 Å². The predicted octanol–water partition coefficient (Wildman–Crippen LogP) is 3.33. The lowest BCUT2D eigenvalue weighted by molar-refractivity contribution is 0.0161. The van der Waals surface area contributed by atoms with Crippen LogP contribution < -0.4 is 0 Å². The quantitative estimate of drug-likeness (QED) is 0.794. The van der Waals surface area contributed by atoms with Crippen molar-refractivity contribution in [2.24, 2.45) is 0 Å². The van der Waals surface area contributed by atoms with Crippen molar-refractivity contribution < 1.29 is 14.3 Å². The molecule has 5 heteroatoms. The molecule has 3 nitrogen and oxygen atoms in total. The van der Waals surface area contributed by atoms with Gasteiger partial charge in [-0.15, -0.1) is 0 Å². The minimum absolute atomic E-state index is 0.000197. The van der Waals surface area contributed by atoms with Crippen LogP contribution in [0.3, 0.4) is 0 Å². The van der Waals surface area contributed by atoms with Gasteiger partial charge in [0, 0.05) is 6.61 Å². The number of hydrogen-bond donors (Lipinski definition) is 0. The van der Waals surface area contributed by atoms with E-state index in [4.69, 9.17) is 32.7 Å². The van der Waals surface area contributed by atoms with Gasteiger partial charge in [-0.25, -0.2) is 4.79 Å². The van der Waals surface area contributed by atoms with Crippen LogP contribution in [0.1, 0.15) is 23.2 Å². The molecule has 0 amide bonds. The monoisotopic (exact) mass is 274 g/mol. The van der Waals surface area contributed by atoms with Crippen molar-refractivity contribution in [3.8, 4) is 0 Å². The molecule has 1 aromatic carbocycles. The second kappa shape index (κ2) is 5.71. The Balaban J connectivity index is 1.99. The summed E-state index contributed by atoms with van der Waals surface area (Å²) in [6, 6.07) is 4.90. The number of esters is 1. The summed E-state index contributed by atoms with van der Waals surface area (Å²) < 4.78 is 10.5. The van der Waals surface area contributed by atoms with Crippen LogP contribution >= 0.6 is 23.2 Å². The van der Waals surface area contributed by atoms with Crippen LogP contribution in [0.5, 0.6) is 0 Å². The van der Waals surface area contributed by atoms with Crippen molar-refractivity contribution in [1.29, 1.82) is 0 Å². The van der Waals surface area contributed by atoms with E-state index in [1.54, 1.807) is 18.2 Å². The molecule has 17 heavy (non-hydrogen) atoms. The Kier molecular flexibility index (Phi) is 4.26. The minimum Gasteiger partial charge on any atom is -0.459 e. The number of benzene rings is 1. The van der Waals surface area contributed by atoms with Gasteiger partial charge in [-0.05, 0) is 25.0 Å². The van der Waals surface area contributed by atoms with Crippen LogP contribution in [0.2, 0.25) is 10.0 Å². The third kappa shape index (κ3) is 3.12. The van der Waals surface area contributed by atoms with Crippen LogP contribution in [-0.2, 0) is 9.47 Å². The second-order valence-electron chi connectivity index (χ2n) is 3.83. The van der Waals surface area contributed by atoms with Crippen LogP contribution in [-0.4, -0.2) is 25.3 Å². The maximum atomic E-state index is 11.8. The first-order chi connectivity index (χ1) is 8.18. The van der Waals surface area contributed by atoms with Gasteiger partial charge in [0.1, 0.15) is 6.61 Å². The number of hydrogen-bond acceptors (Lipinski definition) is 3. The van der Waals surface area contributed by atoms with Gasteiger partial charge in [0.15, 0.2) is 0 Å². The molecule has 1 aliphatic rings. The van der Waals surface area contributed by atoms with E-state index in [0.717, 1.165) is 19.4 Å². The minimum atomic E-state index is -0.504. The number of carbonyl (C=O) groups excluding carboxylic acids is 1. The first-order valence-electron chi connectivity index (χ1n) is 5.41. The molecule has 0 spiro atoms. The normalized spacial score (nSPS) is 19.3. The van der Waals surface area contributed by atoms with Gasteiger partial charge in [0.05, 0.1) is 21.7 Å². The molecule has 0 unspecified atom stereocenters. The summed E-state index contributed by atoms with van der Waals surface area (Å²) in [7, 11) is 0. The first kappa shape index (κ1) is 12.7. The van der Waals surface area contributed by atoms with Gasteiger partial charge in [-0.1, -0.05) is 29.3 Å². The molecule has 92 valence electrons. The van der Waals surface area contributed by atoms with Crippen LogP contribution in [0.15, 0.2) is 18.2 Å². The topological polar surface area (TPSA) is 35.5 Å². The third-order valence-corrected chi connectivity index (χ3v) is 3.22. The van der Waals surface area contributed by atoms with Gasteiger partial charge in [-0.3, -0.25) is 0 Å². The first-order valence-corrected chi connectivity index (χ1v) is 6.17. The molecule has 1 atom stereocenters. The van der Waals surface area contributed by atoms with Gasteiger partial charge in [-0.2, -0.15) is 0 Å². The molecule has 1 aromatic rings. The molecule has 0 bridgehead atoms. The average molecular weight is 275 g/mol. The Labute approximate surface area is 110 Å². The molecule has 1 saturated heterocycles. The summed E-state index contributed by atoms with van der Waals surface area (Å²) in [5, 5.41) is 0.602. The second-order valence-corrected chi connectivity index (χ2v) is 4.64. The molecule has 1 heterocycles. The Bertz CT molecular complexity index is 394.